The first-order valence-corrected chi connectivity index (χ1v) is 6.93. The quantitative estimate of drug-likeness (QED) is 0.538. The molecule has 0 radical (unpaired) electrons. The number of nitrogens with one attached hydrogen (secondary N) is 3. The second kappa shape index (κ2) is 5.09. The zero-order valence-corrected chi connectivity index (χ0v) is 12.1. The van der Waals surface area contributed by atoms with Crippen LogP contribution in [0.4, 0.5) is 5.82 Å². The lowest BCUT2D eigenvalue weighted by atomic mass is 10.2. The third-order valence-electron chi connectivity index (χ3n) is 3.46. The Morgan fingerprint density at radius 1 is 1.30 bits per heavy atom. The van der Waals surface area contributed by atoms with Gasteiger partial charge in [0.1, 0.15) is 17.5 Å². The average Bonchev–Trinajstić information content (AvgIpc) is 3.25. The third-order valence-corrected chi connectivity index (χ3v) is 3.46. The second-order valence-electron chi connectivity index (χ2n) is 5.04. The van der Waals surface area contributed by atoms with Crippen LogP contribution < -0.4 is 5.32 Å². The summed E-state index contributed by atoms with van der Waals surface area (Å²) in [4.78, 5) is 19.8. The van der Waals surface area contributed by atoms with E-state index >= 15 is 0 Å². The number of amides is 1. The molecule has 4 rings (SSSR count). The summed E-state index contributed by atoms with van der Waals surface area (Å²) in [5, 5.41) is 13.3. The van der Waals surface area contributed by atoms with Crippen molar-refractivity contribution < 1.29 is 9.32 Å². The molecule has 3 aromatic heterocycles. The monoisotopic (exact) mass is 308 g/mol. The van der Waals surface area contributed by atoms with Gasteiger partial charge in [0.25, 0.3) is 5.91 Å². The predicted molar refractivity (Wildman–Crippen MR) is 82.9 cm³/mol. The van der Waals surface area contributed by atoms with E-state index in [4.69, 9.17) is 4.52 Å². The van der Waals surface area contributed by atoms with Gasteiger partial charge in [-0.3, -0.25) is 9.89 Å². The second-order valence-corrected chi connectivity index (χ2v) is 5.04. The fourth-order valence-electron chi connectivity index (χ4n) is 2.28. The maximum absolute atomic E-state index is 12.1. The Labute approximate surface area is 129 Å². The molecule has 114 valence electrons. The number of imidazole rings is 1. The van der Waals surface area contributed by atoms with Gasteiger partial charge in [0.05, 0.1) is 16.7 Å². The number of rotatable bonds is 3. The average molecular weight is 308 g/mol. The van der Waals surface area contributed by atoms with Gasteiger partial charge in [0.2, 0.25) is 0 Å². The van der Waals surface area contributed by atoms with E-state index in [9.17, 15) is 4.79 Å². The van der Waals surface area contributed by atoms with Crippen LogP contribution in [-0.4, -0.2) is 31.2 Å². The van der Waals surface area contributed by atoms with E-state index in [1.54, 1.807) is 13.0 Å². The number of fused-ring (bicyclic) bond motifs is 1. The van der Waals surface area contributed by atoms with Gasteiger partial charge in [-0.25, -0.2) is 4.98 Å². The summed E-state index contributed by atoms with van der Waals surface area (Å²) in [7, 11) is 0. The first kappa shape index (κ1) is 13.3. The minimum Gasteiger partial charge on any atom is -0.364 e. The van der Waals surface area contributed by atoms with Crippen molar-refractivity contribution in [1.82, 2.24) is 25.3 Å². The Morgan fingerprint density at radius 2 is 2.17 bits per heavy atom. The number of carbonyl (C=O) groups excluding carboxylic acids is 1. The van der Waals surface area contributed by atoms with Gasteiger partial charge in [-0.1, -0.05) is 17.3 Å². The number of hydrogen-bond acceptors (Lipinski definition) is 5. The summed E-state index contributed by atoms with van der Waals surface area (Å²) < 4.78 is 4.76. The number of nitrogens with zero attached hydrogens (tertiary/aromatic N) is 3. The molecule has 0 saturated carbocycles. The topological polar surface area (TPSA) is 112 Å². The normalized spacial score (nSPS) is 11.0. The lowest BCUT2D eigenvalue weighted by molar-refractivity contribution is 0.102. The van der Waals surface area contributed by atoms with Gasteiger partial charge in [-0.15, -0.1) is 0 Å². The summed E-state index contributed by atoms with van der Waals surface area (Å²) >= 11 is 0. The highest BCUT2D eigenvalue weighted by atomic mass is 16.5. The molecule has 0 spiro atoms. The molecule has 3 heterocycles. The minimum absolute atomic E-state index is 0.327. The van der Waals surface area contributed by atoms with E-state index in [2.05, 4.69) is 30.6 Å². The van der Waals surface area contributed by atoms with Crippen LogP contribution in [0.2, 0.25) is 0 Å². The number of benzene rings is 1. The molecule has 0 atom stereocenters. The summed E-state index contributed by atoms with van der Waals surface area (Å²) in [5.74, 6) is 0.720. The van der Waals surface area contributed by atoms with Crippen LogP contribution >= 0.6 is 0 Å². The van der Waals surface area contributed by atoms with Crippen molar-refractivity contribution >= 4 is 22.8 Å². The van der Waals surface area contributed by atoms with Crippen molar-refractivity contribution in [2.75, 3.05) is 5.32 Å². The lowest BCUT2D eigenvalue weighted by Crippen LogP contribution is -2.12. The van der Waals surface area contributed by atoms with Gasteiger partial charge >= 0.3 is 0 Å². The highest BCUT2D eigenvalue weighted by Gasteiger charge is 2.15. The molecule has 0 bridgehead atoms. The number of anilines is 1. The SMILES string of the molecule is Cc1nocc1C(=O)Nc1cc(-c2nc3ccccc3[nH]2)[nH]n1. The Morgan fingerprint density at radius 3 is 2.96 bits per heavy atom. The molecule has 0 aliphatic carbocycles. The van der Waals surface area contributed by atoms with Gasteiger partial charge in [0, 0.05) is 6.07 Å². The summed E-state index contributed by atoms with van der Waals surface area (Å²) in [6, 6.07) is 9.43. The van der Waals surface area contributed by atoms with E-state index in [0.29, 0.717) is 28.6 Å². The van der Waals surface area contributed by atoms with Crippen LogP contribution in [0.3, 0.4) is 0 Å². The fraction of sp³-hybridized carbons (Fsp3) is 0.0667. The van der Waals surface area contributed by atoms with E-state index in [1.807, 2.05) is 24.3 Å². The minimum atomic E-state index is -0.327. The molecule has 4 aromatic rings. The molecule has 0 saturated heterocycles. The largest absolute Gasteiger partial charge is 0.364 e. The Bertz CT molecular complexity index is 963. The zero-order valence-electron chi connectivity index (χ0n) is 12.1. The van der Waals surface area contributed by atoms with E-state index in [1.165, 1.54) is 6.26 Å². The van der Waals surface area contributed by atoms with Crippen LogP contribution in [0.5, 0.6) is 0 Å². The smallest absolute Gasteiger partial charge is 0.262 e. The Hall–Kier alpha value is -3.42. The van der Waals surface area contributed by atoms with Gasteiger partial charge < -0.3 is 14.8 Å². The fourth-order valence-corrected chi connectivity index (χ4v) is 2.28. The standard InChI is InChI=1S/C15H12N6O2/c1-8-9(7-23-21-8)15(22)18-13-6-12(19-20-13)14-16-10-4-2-3-5-11(10)17-14/h2-7H,1H3,(H,16,17)(H2,18,19,20,22). The molecule has 0 aliphatic heterocycles. The Kier molecular flexibility index (Phi) is 2.94. The number of aromatic nitrogens is 5. The van der Waals surface area contributed by atoms with E-state index < -0.39 is 0 Å². The van der Waals surface area contributed by atoms with Crippen molar-refractivity contribution in [2.24, 2.45) is 0 Å². The number of carbonyl (C=O) groups is 1. The lowest BCUT2D eigenvalue weighted by Gasteiger charge is -1.97. The molecule has 0 fully saturated rings. The van der Waals surface area contributed by atoms with Crippen LogP contribution in [0.15, 0.2) is 41.1 Å². The molecule has 0 unspecified atom stereocenters. The first-order valence-electron chi connectivity index (χ1n) is 6.93. The van der Waals surface area contributed by atoms with Crippen LogP contribution in [0.1, 0.15) is 16.1 Å². The number of H-pyrrole nitrogens is 2. The first-order chi connectivity index (χ1) is 11.2. The number of hydrogen-bond donors (Lipinski definition) is 3. The predicted octanol–water partition coefficient (Wildman–Crippen LogP) is 2.50. The number of aryl methyl sites for hydroxylation is 1. The molecule has 23 heavy (non-hydrogen) atoms. The molecular weight excluding hydrogens is 296 g/mol. The van der Waals surface area contributed by atoms with Crippen LogP contribution in [0.25, 0.3) is 22.6 Å². The molecule has 8 heteroatoms. The van der Waals surface area contributed by atoms with Gasteiger partial charge in [-0.2, -0.15) is 5.10 Å². The molecule has 1 amide bonds. The highest BCUT2D eigenvalue weighted by Crippen LogP contribution is 2.21. The summed E-state index contributed by atoms with van der Waals surface area (Å²) in [5.41, 5.74) is 3.37. The number of para-hydroxylation sites is 2. The van der Waals surface area contributed by atoms with Crippen molar-refractivity contribution in [3.8, 4) is 11.5 Å². The molecule has 0 aliphatic rings. The van der Waals surface area contributed by atoms with Crippen molar-refractivity contribution in [2.45, 2.75) is 6.92 Å². The van der Waals surface area contributed by atoms with Crippen molar-refractivity contribution in [3.05, 3.63) is 47.9 Å². The molecule has 8 nitrogen and oxygen atoms in total. The summed E-state index contributed by atoms with van der Waals surface area (Å²) in [6.45, 7) is 1.70. The van der Waals surface area contributed by atoms with E-state index in [0.717, 1.165) is 11.0 Å². The van der Waals surface area contributed by atoms with Crippen LogP contribution in [-0.2, 0) is 0 Å². The zero-order chi connectivity index (χ0) is 15.8. The molecule has 1 aromatic carbocycles. The van der Waals surface area contributed by atoms with Gasteiger partial charge in [-0.05, 0) is 19.1 Å². The molecular formula is C15H12N6O2. The van der Waals surface area contributed by atoms with Crippen molar-refractivity contribution in [3.63, 3.8) is 0 Å². The van der Waals surface area contributed by atoms with Crippen molar-refractivity contribution in [1.29, 1.82) is 0 Å². The third kappa shape index (κ3) is 2.35. The molecule has 3 N–H and O–H groups in total. The van der Waals surface area contributed by atoms with Gasteiger partial charge in [0.15, 0.2) is 11.6 Å². The van der Waals surface area contributed by atoms with Crippen LogP contribution in [0, 0.1) is 6.92 Å². The van der Waals surface area contributed by atoms with E-state index in [-0.39, 0.29) is 5.91 Å². The Balaban J connectivity index is 1.59. The maximum Gasteiger partial charge on any atom is 0.262 e. The summed E-state index contributed by atoms with van der Waals surface area (Å²) in [6.07, 6.45) is 1.30. The number of aromatic amines is 2. The highest BCUT2D eigenvalue weighted by molar-refractivity contribution is 6.04. The maximum atomic E-state index is 12.1.